The van der Waals surface area contributed by atoms with Gasteiger partial charge in [-0.1, -0.05) is 0 Å². The second kappa shape index (κ2) is 3.85. The molecule has 1 atom stereocenters. The summed E-state index contributed by atoms with van der Waals surface area (Å²) in [6.07, 6.45) is 3.73. The number of pyridine rings is 1. The second-order valence-electron chi connectivity index (χ2n) is 3.31. The van der Waals surface area contributed by atoms with Crippen molar-refractivity contribution in [2.45, 2.75) is 13.0 Å². The van der Waals surface area contributed by atoms with Crippen LogP contribution in [-0.4, -0.2) is 24.7 Å². The Morgan fingerprint density at radius 1 is 1.62 bits per heavy atom. The molecule has 3 heteroatoms. The summed E-state index contributed by atoms with van der Waals surface area (Å²) in [7, 11) is 0. The highest BCUT2D eigenvalue weighted by Crippen LogP contribution is 2.18. The van der Waals surface area contributed by atoms with Crippen LogP contribution >= 0.6 is 0 Å². The molecule has 1 saturated heterocycles. The molecule has 3 nitrogen and oxygen atoms in total. The zero-order chi connectivity index (χ0) is 9.10. The van der Waals surface area contributed by atoms with E-state index in [1.807, 2.05) is 12.4 Å². The molecule has 1 N–H and O–H groups in total. The lowest BCUT2D eigenvalue weighted by Gasteiger charge is -2.25. The first-order chi connectivity index (χ1) is 6.38. The minimum Gasteiger partial charge on any atom is -0.378 e. The first-order valence-electron chi connectivity index (χ1n) is 4.59. The first kappa shape index (κ1) is 8.66. The lowest BCUT2D eigenvalue weighted by molar-refractivity contribution is 0.0766. The number of rotatable bonds is 1. The summed E-state index contributed by atoms with van der Waals surface area (Å²) in [5.41, 5.74) is 2.53. The van der Waals surface area contributed by atoms with E-state index in [0.717, 1.165) is 19.8 Å². The maximum Gasteiger partial charge on any atom is 0.0662 e. The summed E-state index contributed by atoms with van der Waals surface area (Å²) >= 11 is 0. The summed E-state index contributed by atoms with van der Waals surface area (Å²) in [4.78, 5) is 4.07. The third-order valence-corrected chi connectivity index (χ3v) is 2.36. The number of nitrogens with zero attached hydrogens (tertiary/aromatic N) is 1. The molecular formula is C10H14N2O. The van der Waals surface area contributed by atoms with Crippen LogP contribution in [0.1, 0.15) is 17.2 Å². The van der Waals surface area contributed by atoms with Crippen LogP contribution < -0.4 is 5.32 Å². The van der Waals surface area contributed by atoms with E-state index in [0.29, 0.717) is 6.04 Å². The Balaban J connectivity index is 2.18. The van der Waals surface area contributed by atoms with Gasteiger partial charge in [-0.3, -0.25) is 4.98 Å². The summed E-state index contributed by atoms with van der Waals surface area (Å²) < 4.78 is 5.41. The van der Waals surface area contributed by atoms with Crippen molar-refractivity contribution in [3.05, 3.63) is 29.6 Å². The van der Waals surface area contributed by atoms with Crippen LogP contribution in [0.4, 0.5) is 0 Å². The standard InChI is InChI=1S/C10H14N2O/c1-8-6-11-3-2-9(8)10-7-13-5-4-12-10/h2-3,6,10,12H,4-5,7H2,1H3/t10-/m0/s1. The van der Waals surface area contributed by atoms with E-state index in [1.165, 1.54) is 11.1 Å². The normalized spacial score (nSPS) is 23.0. The fourth-order valence-corrected chi connectivity index (χ4v) is 1.64. The van der Waals surface area contributed by atoms with E-state index in [-0.39, 0.29) is 0 Å². The lowest BCUT2D eigenvalue weighted by Crippen LogP contribution is -2.34. The zero-order valence-electron chi connectivity index (χ0n) is 7.79. The molecule has 1 fully saturated rings. The molecule has 0 spiro atoms. The second-order valence-corrected chi connectivity index (χ2v) is 3.31. The molecule has 1 aliphatic rings. The van der Waals surface area contributed by atoms with E-state index in [9.17, 15) is 0 Å². The number of nitrogens with one attached hydrogen (secondary N) is 1. The minimum atomic E-state index is 0.344. The van der Waals surface area contributed by atoms with Gasteiger partial charge in [0.15, 0.2) is 0 Å². The summed E-state index contributed by atoms with van der Waals surface area (Å²) in [5, 5.41) is 3.42. The van der Waals surface area contributed by atoms with Crippen molar-refractivity contribution in [3.8, 4) is 0 Å². The van der Waals surface area contributed by atoms with Gasteiger partial charge in [0.1, 0.15) is 0 Å². The van der Waals surface area contributed by atoms with Crippen LogP contribution in [0.2, 0.25) is 0 Å². The maximum atomic E-state index is 5.41. The molecule has 2 rings (SSSR count). The number of morpholine rings is 1. The average Bonchev–Trinajstić information content (AvgIpc) is 2.20. The molecule has 1 aromatic rings. The van der Waals surface area contributed by atoms with Crippen LogP contribution in [0.5, 0.6) is 0 Å². The Bertz CT molecular complexity index is 282. The molecule has 13 heavy (non-hydrogen) atoms. The molecule has 1 aromatic heterocycles. The number of ether oxygens (including phenoxy) is 1. The third kappa shape index (κ3) is 1.87. The van der Waals surface area contributed by atoms with Gasteiger partial charge in [-0.25, -0.2) is 0 Å². The fraction of sp³-hybridized carbons (Fsp3) is 0.500. The van der Waals surface area contributed by atoms with Gasteiger partial charge in [-0.15, -0.1) is 0 Å². The van der Waals surface area contributed by atoms with Crippen molar-refractivity contribution < 1.29 is 4.74 Å². The molecule has 2 heterocycles. The van der Waals surface area contributed by atoms with E-state index in [4.69, 9.17) is 4.74 Å². The largest absolute Gasteiger partial charge is 0.378 e. The maximum absolute atomic E-state index is 5.41. The molecule has 0 aromatic carbocycles. The Kier molecular flexibility index (Phi) is 2.57. The van der Waals surface area contributed by atoms with Crippen LogP contribution in [-0.2, 0) is 4.74 Å². The van der Waals surface area contributed by atoms with Crippen LogP contribution in [0.3, 0.4) is 0 Å². The topological polar surface area (TPSA) is 34.1 Å². The molecule has 0 radical (unpaired) electrons. The summed E-state index contributed by atoms with van der Waals surface area (Å²) in [6.45, 7) is 4.61. The van der Waals surface area contributed by atoms with E-state index < -0.39 is 0 Å². The number of hydrogen-bond donors (Lipinski definition) is 1. The zero-order valence-corrected chi connectivity index (χ0v) is 7.79. The molecule has 0 amide bonds. The highest BCUT2D eigenvalue weighted by molar-refractivity contribution is 5.25. The van der Waals surface area contributed by atoms with Crippen molar-refractivity contribution in [2.75, 3.05) is 19.8 Å². The van der Waals surface area contributed by atoms with Gasteiger partial charge >= 0.3 is 0 Å². The number of aromatic nitrogens is 1. The first-order valence-corrected chi connectivity index (χ1v) is 4.59. The van der Waals surface area contributed by atoms with Crippen molar-refractivity contribution >= 4 is 0 Å². The predicted octanol–water partition coefficient (Wildman–Crippen LogP) is 1.05. The Hall–Kier alpha value is -0.930. The SMILES string of the molecule is Cc1cnccc1[C@@H]1COCCN1. The highest BCUT2D eigenvalue weighted by Gasteiger charge is 2.16. The highest BCUT2D eigenvalue weighted by atomic mass is 16.5. The van der Waals surface area contributed by atoms with Crippen LogP contribution in [0.15, 0.2) is 18.5 Å². The smallest absolute Gasteiger partial charge is 0.0662 e. The third-order valence-electron chi connectivity index (χ3n) is 2.36. The van der Waals surface area contributed by atoms with Gasteiger partial charge in [0.05, 0.1) is 19.3 Å². The van der Waals surface area contributed by atoms with E-state index in [1.54, 1.807) is 0 Å². The predicted molar refractivity (Wildman–Crippen MR) is 50.5 cm³/mol. The summed E-state index contributed by atoms with van der Waals surface area (Å²) in [5.74, 6) is 0. The Morgan fingerprint density at radius 3 is 3.23 bits per heavy atom. The molecule has 1 aliphatic heterocycles. The molecule has 0 aliphatic carbocycles. The quantitative estimate of drug-likeness (QED) is 0.698. The van der Waals surface area contributed by atoms with Crippen LogP contribution in [0, 0.1) is 6.92 Å². The fourth-order valence-electron chi connectivity index (χ4n) is 1.64. The average molecular weight is 178 g/mol. The van der Waals surface area contributed by atoms with E-state index >= 15 is 0 Å². The molecule has 0 saturated carbocycles. The Morgan fingerprint density at radius 2 is 2.54 bits per heavy atom. The van der Waals surface area contributed by atoms with Gasteiger partial charge in [0.2, 0.25) is 0 Å². The van der Waals surface area contributed by atoms with Crippen molar-refractivity contribution in [3.63, 3.8) is 0 Å². The van der Waals surface area contributed by atoms with Gasteiger partial charge < -0.3 is 10.1 Å². The minimum absolute atomic E-state index is 0.344. The number of aryl methyl sites for hydroxylation is 1. The monoisotopic (exact) mass is 178 g/mol. The summed E-state index contributed by atoms with van der Waals surface area (Å²) in [6, 6.07) is 2.40. The van der Waals surface area contributed by atoms with Gasteiger partial charge in [0, 0.05) is 18.9 Å². The van der Waals surface area contributed by atoms with Crippen LogP contribution in [0.25, 0.3) is 0 Å². The molecule has 0 bridgehead atoms. The van der Waals surface area contributed by atoms with E-state index in [2.05, 4.69) is 23.3 Å². The van der Waals surface area contributed by atoms with Gasteiger partial charge in [-0.05, 0) is 24.1 Å². The molecule has 70 valence electrons. The lowest BCUT2D eigenvalue weighted by atomic mass is 10.0. The molecule has 0 unspecified atom stereocenters. The van der Waals surface area contributed by atoms with Crippen molar-refractivity contribution in [2.24, 2.45) is 0 Å². The Labute approximate surface area is 78.1 Å². The van der Waals surface area contributed by atoms with Gasteiger partial charge in [0.25, 0.3) is 0 Å². The van der Waals surface area contributed by atoms with Crippen molar-refractivity contribution in [1.29, 1.82) is 0 Å². The van der Waals surface area contributed by atoms with Gasteiger partial charge in [-0.2, -0.15) is 0 Å². The molecular weight excluding hydrogens is 164 g/mol. The van der Waals surface area contributed by atoms with Crippen molar-refractivity contribution in [1.82, 2.24) is 10.3 Å². The number of hydrogen-bond acceptors (Lipinski definition) is 3.